The normalized spacial score (nSPS) is 11.2. The molecule has 3 rings (SSSR count). The van der Waals surface area contributed by atoms with E-state index in [1.807, 2.05) is 62.6 Å². The number of nitrogens with one attached hydrogen (secondary N) is 2. The number of nitrogens with zero attached hydrogens (tertiary/aromatic N) is 1. The van der Waals surface area contributed by atoms with Gasteiger partial charge in [-0.1, -0.05) is 48.0 Å². The van der Waals surface area contributed by atoms with Crippen molar-refractivity contribution >= 4 is 28.3 Å². The Labute approximate surface area is 152 Å². The average molecular weight is 356 g/mol. The SMILES string of the molecule is CN(C)CCCNC(=O)c1[nH]c(-c2ccccc2)c2cc(Cl)ccc12. The minimum absolute atomic E-state index is 0.0896. The van der Waals surface area contributed by atoms with Crippen molar-refractivity contribution in [2.24, 2.45) is 0 Å². The molecule has 1 heterocycles. The fraction of sp³-hybridized carbons (Fsp3) is 0.250. The zero-order chi connectivity index (χ0) is 17.8. The third-order valence-electron chi connectivity index (χ3n) is 4.13. The van der Waals surface area contributed by atoms with E-state index in [9.17, 15) is 4.79 Å². The molecule has 0 atom stereocenters. The Balaban J connectivity index is 1.92. The first-order chi connectivity index (χ1) is 12.1. The molecule has 0 bridgehead atoms. The van der Waals surface area contributed by atoms with Crippen LogP contribution in [0.5, 0.6) is 0 Å². The van der Waals surface area contributed by atoms with Gasteiger partial charge >= 0.3 is 0 Å². The molecule has 5 heteroatoms. The van der Waals surface area contributed by atoms with E-state index in [0.717, 1.165) is 35.0 Å². The van der Waals surface area contributed by atoms with Gasteiger partial charge in [-0.25, -0.2) is 0 Å². The molecule has 0 unspecified atom stereocenters. The van der Waals surface area contributed by atoms with Gasteiger partial charge in [-0.05, 0) is 44.8 Å². The maximum Gasteiger partial charge on any atom is 0.268 e. The van der Waals surface area contributed by atoms with Crippen molar-refractivity contribution in [3.05, 3.63) is 59.2 Å². The zero-order valence-electron chi connectivity index (χ0n) is 14.5. The van der Waals surface area contributed by atoms with Gasteiger partial charge in [0.15, 0.2) is 0 Å². The third-order valence-corrected chi connectivity index (χ3v) is 4.36. The molecule has 0 saturated carbocycles. The summed E-state index contributed by atoms with van der Waals surface area (Å²) in [7, 11) is 4.05. The van der Waals surface area contributed by atoms with Crippen LogP contribution in [-0.4, -0.2) is 43.0 Å². The number of carbonyl (C=O) groups excluding carboxylic acids is 1. The summed E-state index contributed by atoms with van der Waals surface area (Å²) in [4.78, 5) is 18.0. The van der Waals surface area contributed by atoms with Crippen molar-refractivity contribution in [2.75, 3.05) is 27.2 Å². The van der Waals surface area contributed by atoms with E-state index in [4.69, 9.17) is 11.6 Å². The zero-order valence-corrected chi connectivity index (χ0v) is 15.2. The molecule has 0 saturated heterocycles. The predicted octanol–water partition coefficient (Wildman–Crippen LogP) is 4.17. The number of aromatic nitrogens is 1. The van der Waals surface area contributed by atoms with E-state index >= 15 is 0 Å². The number of hydrogen-bond acceptors (Lipinski definition) is 2. The van der Waals surface area contributed by atoms with Crippen LogP contribution in [-0.2, 0) is 0 Å². The van der Waals surface area contributed by atoms with E-state index in [1.165, 1.54) is 0 Å². The maximum absolute atomic E-state index is 12.6. The van der Waals surface area contributed by atoms with Crippen LogP contribution in [0, 0.1) is 0 Å². The van der Waals surface area contributed by atoms with E-state index < -0.39 is 0 Å². The second-order valence-corrected chi connectivity index (χ2v) is 6.78. The summed E-state index contributed by atoms with van der Waals surface area (Å²) in [6.07, 6.45) is 0.911. The predicted molar refractivity (Wildman–Crippen MR) is 104 cm³/mol. The number of carbonyl (C=O) groups is 1. The number of aromatic amines is 1. The van der Waals surface area contributed by atoms with Gasteiger partial charge in [-0.2, -0.15) is 0 Å². The van der Waals surface area contributed by atoms with Crippen molar-refractivity contribution in [1.82, 2.24) is 15.2 Å². The fourth-order valence-electron chi connectivity index (χ4n) is 2.90. The lowest BCUT2D eigenvalue weighted by Gasteiger charge is -2.09. The molecule has 25 heavy (non-hydrogen) atoms. The number of hydrogen-bond donors (Lipinski definition) is 2. The van der Waals surface area contributed by atoms with Gasteiger partial charge in [-0.15, -0.1) is 0 Å². The number of fused-ring (bicyclic) bond motifs is 1. The van der Waals surface area contributed by atoms with E-state index in [-0.39, 0.29) is 5.91 Å². The standard InChI is InChI=1S/C20H22ClN3O/c1-24(2)12-6-11-22-20(25)19-16-10-9-15(21)13-17(16)18(23-19)14-7-4-3-5-8-14/h3-5,7-10,13,23H,6,11-12H2,1-2H3,(H,22,25). The highest BCUT2D eigenvalue weighted by atomic mass is 35.5. The first-order valence-electron chi connectivity index (χ1n) is 8.36. The minimum atomic E-state index is -0.0896. The Kier molecular flexibility index (Phi) is 5.41. The van der Waals surface area contributed by atoms with Crippen LogP contribution < -0.4 is 5.32 Å². The van der Waals surface area contributed by atoms with Gasteiger partial charge < -0.3 is 15.2 Å². The van der Waals surface area contributed by atoms with Crippen molar-refractivity contribution in [3.63, 3.8) is 0 Å². The molecule has 0 aliphatic rings. The molecule has 2 N–H and O–H groups in total. The number of rotatable bonds is 6. The van der Waals surface area contributed by atoms with Crippen LogP contribution in [0.25, 0.3) is 22.0 Å². The Morgan fingerprint density at radius 1 is 1.12 bits per heavy atom. The van der Waals surface area contributed by atoms with Crippen molar-refractivity contribution < 1.29 is 4.79 Å². The summed E-state index contributed by atoms with van der Waals surface area (Å²) in [6, 6.07) is 15.6. The van der Waals surface area contributed by atoms with Gasteiger partial charge in [-0.3, -0.25) is 4.79 Å². The molecule has 4 nitrogen and oxygen atoms in total. The molecule has 0 radical (unpaired) electrons. The van der Waals surface area contributed by atoms with Crippen molar-refractivity contribution in [3.8, 4) is 11.3 Å². The number of benzene rings is 2. The van der Waals surface area contributed by atoms with Gasteiger partial charge in [0.2, 0.25) is 0 Å². The van der Waals surface area contributed by atoms with Crippen LogP contribution in [0.1, 0.15) is 16.9 Å². The molecule has 1 amide bonds. The van der Waals surface area contributed by atoms with Crippen LogP contribution in [0.15, 0.2) is 48.5 Å². The molecular weight excluding hydrogens is 334 g/mol. The molecule has 1 aromatic heterocycles. The largest absolute Gasteiger partial charge is 0.351 e. The summed E-state index contributed by atoms with van der Waals surface area (Å²) in [6.45, 7) is 1.59. The van der Waals surface area contributed by atoms with Gasteiger partial charge in [0.25, 0.3) is 5.91 Å². The molecule has 3 aromatic rings. The molecular formula is C20H22ClN3O. The quantitative estimate of drug-likeness (QED) is 0.652. The highest BCUT2D eigenvalue weighted by Gasteiger charge is 2.17. The van der Waals surface area contributed by atoms with Gasteiger partial charge in [0, 0.05) is 22.3 Å². The monoisotopic (exact) mass is 355 g/mol. The first kappa shape index (κ1) is 17.5. The van der Waals surface area contributed by atoms with Crippen LogP contribution >= 0.6 is 11.6 Å². The topological polar surface area (TPSA) is 48.1 Å². The maximum atomic E-state index is 12.6. The van der Waals surface area contributed by atoms with Crippen molar-refractivity contribution in [1.29, 1.82) is 0 Å². The average Bonchev–Trinajstić information content (AvgIpc) is 2.98. The molecule has 0 spiro atoms. The van der Waals surface area contributed by atoms with Crippen LogP contribution in [0.4, 0.5) is 0 Å². The molecule has 0 fully saturated rings. The summed E-state index contributed by atoms with van der Waals surface area (Å²) in [5.41, 5.74) is 2.52. The first-order valence-corrected chi connectivity index (χ1v) is 8.73. The Morgan fingerprint density at radius 3 is 2.60 bits per heavy atom. The van der Waals surface area contributed by atoms with Gasteiger partial charge in [0.1, 0.15) is 5.69 Å². The van der Waals surface area contributed by atoms with Crippen LogP contribution in [0.2, 0.25) is 5.02 Å². The summed E-state index contributed by atoms with van der Waals surface area (Å²) >= 11 is 6.18. The lowest BCUT2D eigenvalue weighted by molar-refractivity contribution is 0.0949. The Hall–Kier alpha value is -2.30. The fourth-order valence-corrected chi connectivity index (χ4v) is 3.07. The smallest absolute Gasteiger partial charge is 0.268 e. The summed E-state index contributed by atoms with van der Waals surface area (Å²) < 4.78 is 0. The molecule has 130 valence electrons. The second-order valence-electron chi connectivity index (χ2n) is 6.34. The third kappa shape index (κ3) is 4.03. The Morgan fingerprint density at radius 2 is 1.88 bits per heavy atom. The van der Waals surface area contributed by atoms with E-state index in [1.54, 1.807) is 0 Å². The highest BCUT2D eigenvalue weighted by molar-refractivity contribution is 6.31. The highest BCUT2D eigenvalue weighted by Crippen LogP contribution is 2.32. The molecule has 2 aromatic carbocycles. The molecule has 0 aliphatic carbocycles. The van der Waals surface area contributed by atoms with Crippen molar-refractivity contribution in [2.45, 2.75) is 6.42 Å². The lowest BCUT2D eigenvalue weighted by Crippen LogP contribution is -2.27. The Bertz CT molecular complexity index is 871. The van der Waals surface area contributed by atoms with Crippen LogP contribution in [0.3, 0.4) is 0 Å². The lowest BCUT2D eigenvalue weighted by atomic mass is 10.1. The number of halogens is 1. The minimum Gasteiger partial charge on any atom is -0.351 e. The van der Waals surface area contributed by atoms with Gasteiger partial charge in [0.05, 0.1) is 5.69 Å². The van der Waals surface area contributed by atoms with E-state index in [2.05, 4.69) is 15.2 Å². The number of amides is 1. The summed E-state index contributed by atoms with van der Waals surface area (Å²) in [5.74, 6) is -0.0896. The second kappa shape index (κ2) is 7.72. The molecule has 0 aliphatic heterocycles. The van der Waals surface area contributed by atoms with E-state index in [0.29, 0.717) is 17.3 Å². The summed E-state index contributed by atoms with van der Waals surface area (Å²) in [5, 5.41) is 5.49. The number of H-pyrrole nitrogens is 1.